The van der Waals surface area contributed by atoms with Crippen LogP contribution in [0.2, 0.25) is 0 Å². The average molecular weight is 422 g/mol. The summed E-state index contributed by atoms with van der Waals surface area (Å²) in [6.45, 7) is 0.677. The van der Waals surface area contributed by atoms with Gasteiger partial charge in [0, 0.05) is 19.1 Å². The second-order valence-corrected chi connectivity index (χ2v) is 8.81. The fourth-order valence-electron chi connectivity index (χ4n) is 5.63. The predicted octanol–water partition coefficient (Wildman–Crippen LogP) is 4.02. The van der Waals surface area contributed by atoms with E-state index in [1.165, 1.54) is 11.1 Å². The molecule has 2 fully saturated rings. The maximum Gasteiger partial charge on any atom is 0.318 e. The summed E-state index contributed by atoms with van der Waals surface area (Å²) in [7, 11) is 0. The monoisotopic (exact) mass is 421 g/mol. The molecule has 2 aromatic carbocycles. The van der Waals surface area contributed by atoms with E-state index in [0.717, 1.165) is 37.8 Å². The summed E-state index contributed by atoms with van der Waals surface area (Å²) in [5, 5.41) is 2.88. The largest absolute Gasteiger partial charge is 0.335 e. The van der Waals surface area contributed by atoms with Crippen LogP contribution >= 0.6 is 0 Å². The Morgan fingerprint density at radius 2 is 1.87 bits per heavy atom. The number of benzene rings is 2. The van der Waals surface area contributed by atoms with E-state index in [1.54, 1.807) is 4.90 Å². The lowest BCUT2D eigenvalue weighted by atomic mass is 9.76. The Hall–Kier alpha value is -2.89. The molecule has 2 aromatic rings. The molecule has 4 atom stereocenters. The van der Waals surface area contributed by atoms with Crippen molar-refractivity contribution in [1.82, 2.24) is 15.1 Å². The summed E-state index contributed by atoms with van der Waals surface area (Å²) in [5.74, 6) is -0.0000759. The summed E-state index contributed by atoms with van der Waals surface area (Å²) in [5.41, 5.74) is 3.25. The van der Waals surface area contributed by atoms with E-state index in [9.17, 15) is 14.0 Å². The Bertz CT molecular complexity index is 966. The van der Waals surface area contributed by atoms with Gasteiger partial charge < -0.3 is 15.1 Å². The Morgan fingerprint density at radius 3 is 2.68 bits per heavy atom. The number of hydrogen-bond donors (Lipinski definition) is 1. The predicted molar refractivity (Wildman–Crippen MR) is 116 cm³/mol. The minimum Gasteiger partial charge on any atom is -0.335 e. The second-order valence-electron chi connectivity index (χ2n) is 8.81. The number of fused-ring (bicyclic) bond motifs is 4. The first-order valence-electron chi connectivity index (χ1n) is 11.2. The van der Waals surface area contributed by atoms with E-state index in [2.05, 4.69) is 17.4 Å². The van der Waals surface area contributed by atoms with Gasteiger partial charge in [0.25, 0.3) is 0 Å². The van der Waals surface area contributed by atoms with E-state index in [-0.39, 0.29) is 29.9 Å². The normalized spacial score (nSPS) is 25.8. The number of halogens is 1. The fourth-order valence-corrected chi connectivity index (χ4v) is 5.63. The van der Waals surface area contributed by atoms with Gasteiger partial charge in [-0.3, -0.25) is 4.79 Å². The molecular weight excluding hydrogens is 393 g/mol. The van der Waals surface area contributed by atoms with E-state index >= 15 is 0 Å². The molecule has 5 nitrogen and oxygen atoms in total. The van der Waals surface area contributed by atoms with Gasteiger partial charge in [0.05, 0.1) is 18.0 Å². The SMILES string of the molecule is O=C1[C@H]2CCCN(C(=O)N[C@@H](CF)c3ccccc3)[C@H]2C[C@H]2c3ccccc3CCN12. The minimum atomic E-state index is -0.680. The van der Waals surface area contributed by atoms with Gasteiger partial charge in [-0.05, 0) is 42.4 Å². The Kier molecular flexibility index (Phi) is 5.38. The highest BCUT2D eigenvalue weighted by atomic mass is 19.1. The van der Waals surface area contributed by atoms with Gasteiger partial charge in [-0.15, -0.1) is 0 Å². The van der Waals surface area contributed by atoms with Crippen LogP contribution in [0.1, 0.15) is 48.0 Å². The summed E-state index contributed by atoms with van der Waals surface area (Å²) >= 11 is 0. The van der Waals surface area contributed by atoms with Crippen molar-refractivity contribution in [3.63, 3.8) is 0 Å². The number of urea groups is 1. The molecule has 1 N–H and O–H groups in total. The number of likely N-dealkylation sites (tertiary alicyclic amines) is 1. The van der Waals surface area contributed by atoms with Crippen LogP contribution in [0.25, 0.3) is 0 Å². The van der Waals surface area contributed by atoms with Crippen molar-refractivity contribution in [2.24, 2.45) is 5.92 Å². The van der Waals surface area contributed by atoms with Crippen molar-refractivity contribution < 1.29 is 14.0 Å². The lowest BCUT2D eigenvalue weighted by Gasteiger charge is -2.51. The van der Waals surface area contributed by atoms with Gasteiger partial charge in [0.2, 0.25) is 5.91 Å². The third-order valence-corrected chi connectivity index (χ3v) is 7.17. The standard InChI is InChI=1S/C25H28FN3O2/c26-16-21(18-8-2-1-3-9-18)27-25(31)29-13-6-11-20-23(29)15-22-19-10-5-4-7-17(19)12-14-28(22)24(20)30/h1-5,7-10,20-23H,6,11-16H2,(H,27,31)/t20-,21-,22-,23-/m0/s1. The van der Waals surface area contributed by atoms with E-state index in [0.29, 0.717) is 6.54 Å². The molecule has 0 aliphatic carbocycles. The molecule has 0 spiro atoms. The van der Waals surface area contributed by atoms with Crippen molar-refractivity contribution >= 4 is 11.9 Å². The highest BCUT2D eigenvalue weighted by Gasteiger charge is 2.48. The molecule has 2 saturated heterocycles. The minimum absolute atomic E-state index is 0.0122. The number of nitrogens with zero attached hydrogens (tertiary/aromatic N) is 2. The first-order chi connectivity index (χ1) is 15.2. The molecule has 3 aliphatic heterocycles. The zero-order valence-electron chi connectivity index (χ0n) is 17.5. The van der Waals surface area contributed by atoms with Crippen LogP contribution < -0.4 is 5.32 Å². The number of carbonyl (C=O) groups excluding carboxylic acids is 2. The second kappa shape index (κ2) is 8.33. The van der Waals surface area contributed by atoms with Crippen LogP contribution in [0.5, 0.6) is 0 Å². The maximum absolute atomic E-state index is 13.8. The number of rotatable bonds is 3. The molecular formula is C25H28FN3O2. The number of amides is 3. The van der Waals surface area contributed by atoms with Gasteiger partial charge >= 0.3 is 6.03 Å². The maximum atomic E-state index is 13.8. The molecule has 0 bridgehead atoms. The van der Waals surface area contributed by atoms with Gasteiger partial charge in [-0.2, -0.15) is 0 Å². The Labute approximate surface area is 182 Å². The fraction of sp³-hybridized carbons (Fsp3) is 0.440. The molecule has 0 unspecified atom stereocenters. The van der Waals surface area contributed by atoms with E-state index in [1.807, 2.05) is 47.4 Å². The third-order valence-electron chi connectivity index (χ3n) is 7.17. The summed E-state index contributed by atoms with van der Waals surface area (Å²) in [6.07, 6.45) is 3.23. The number of nitrogens with one attached hydrogen (secondary N) is 1. The quantitative estimate of drug-likeness (QED) is 0.814. The van der Waals surface area contributed by atoms with Crippen molar-refractivity contribution in [1.29, 1.82) is 0 Å². The van der Waals surface area contributed by atoms with Crippen LogP contribution in [-0.2, 0) is 11.2 Å². The van der Waals surface area contributed by atoms with Crippen molar-refractivity contribution in [3.8, 4) is 0 Å². The molecule has 0 saturated carbocycles. The number of hydrogen-bond acceptors (Lipinski definition) is 2. The number of carbonyl (C=O) groups is 2. The zero-order valence-corrected chi connectivity index (χ0v) is 17.5. The highest BCUT2D eigenvalue weighted by Crippen LogP contribution is 2.43. The molecule has 31 heavy (non-hydrogen) atoms. The third kappa shape index (κ3) is 3.58. The molecule has 162 valence electrons. The van der Waals surface area contributed by atoms with Crippen molar-refractivity contribution in [2.75, 3.05) is 19.8 Å². The van der Waals surface area contributed by atoms with Crippen LogP contribution in [0.3, 0.4) is 0 Å². The molecule has 3 aliphatic rings. The topological polar surface area (TPSA) is 52.7 Å². The lowest BCUT2D eigenvalue weighted by Crippen LogP contribution is -2.61. The van der Waals surface area contributed by atoms with Crippen molar-refractivity contribution in [2.45, 2.75) is 43.8 Å². The smallest absolute Gasteiger partial charge is 0.318 e. The molecule has 0 aromatic heterocycles. The van der Waals surface area contributed by atoms with Gasteiger partial charge in [-0.25, -0.2) is 9.18 Å². The number of piperidine rings is 2. The van der Waals surface area contributed by atoms with Gasteiger partial charge in [0.1, 0.15) is 6.67 Å². The zero-order chi connectivity index (χ0) is 21.4. The molecule has 6 heteroatoms. The Morgan fingerprint density at radius 1 is 1.10 bits per heavy atom. The molecule has 0 radical (unpaired) electrons. The van der Waals surface area contributed by atoms with Gasteiger partial charge in [-0.1, -0.05) is 54.6 Å². The Balaban J connectivity index is 1.39. The number of alkyl halides is 1. The summed E-state index contributed by atoms with van der Waals surface area (Å²) in [4.78, 5) is 30.4. The molecule has 5 rings (SSSR count). The first-order valence-corrected chi connectivity index (χ1v) is 11.2. The van der Waals surface area contributed by atoms with Crippen LogP contribution in [0, 0.1) is 5.92 Å². The van der Waals surface area contributed by atoms with Crippen LogP contribution in [0.15, 0.2) is 54.6 Å². The molecule has 3 amide bonds. The van der Waals surface area contributed by atoms with E-state index < -0.39 is 12.7 Å². The van der Waals surface area contributed by atoms with Crippen LogP contribution in [0.4, 0.5) is 9.18 Å². The summed E-state index contributed by atoms with van der Waals surface area (Å²) in [6, 6.07) is 16.4. The molecule has 3 heterocycles. The summed E-state index contributed by atoms with van der Waals surface area (Å²) < 4.78 is 13.8. The lowest BCUT2D eigenvalue weighted by molar-refractivity contribution is -0.148. The van der Waals surface area contributed by atoms with Gasteiger partial charge in [0.15, 0.2) is 0 Å². The average Bonchev–Trinajstić information content (AvgIpc) is 2.82. The van der Waals surface area contributed by atoms with Crippen LogP contribution in [-0.4, -0.2) is 47.5 Å². The highest BCUT2D eigenvalue weighted by molar-refractivity contribution is 5.83. The first kappa shape index (κ1) is 20.0. The van der Waals surface area contributed by atoms with E-state index in [4.69, 9.17) is 0 Å². The van der Waals surface area contributed by atoms with Crippen molar-refractivity contribution in [3.05, 3.63) is 71.3 Å².